The Labute approximate surface area is 235 Å². The largest absolute Gasteiger partial charge is 0.505 e. The second-order valence-electron chi connectivity index (χ2n) is 10.6. The Morgan fingerprint density at radius 2 is 1.43 bits per heavy atom. The molecule has 12 nitrogen and oxygen atoms in total. The molecule has 6 N–H and O–H groups in total. The van der Waals surface area contributed by atoms with Crippen LogP contribution in [0.5, 0.6) is 0 Å². The Balaban J connectivity index is 1.62. The maximum atomic E-state index is 12.2. The molecule has 0 amide bonds. The van der Waals surface area contributed by atoms with Crippen LogP contribution in [0.3, 0.4) is 0 Å². The van der Waals surface area contributed by atoms with Gasteiger partial charge in [0, 0.05) is 6.42 Å². The molecule has 2 heterocycles. The van der Waals surface area contributed by atoms with E-state index in [9.17, 15) is 40.2 Å². The van der Waals surface area contributed by atoms with E-state index < -0.39 is 79.6 Å². The van der Waals surface area contributed by atoms with Crippen molar-refractivity contribution in [1.29, 1.82) is 0 Å². The predicted molar refractivity (Wildman–Crippen MR) is 142 cm³/mol. The summed E-state index contributed by atoms with van der Waals surface area (Å²) in [5, 5.41) is 59.7. The number of carbonyl (C=O) groups is 2. The van der Waals surface area contributed by atoms with Crippen molar-refractivity contribution in [2.75, 3.05) is 13.2 Å². The molecule has 2 rings (SSSR count). The van der Waals surface area contributed by atoms with Crippen LogP contribution >= 0.6 is 0 Å². The summed E-state index contributed by atoms with van der Waals surface area (Å²) in [6.07, 6.45) is 4.16. The lowest BCUT2D eigenvalue weighted by Crippen LogP contribution is -2.59. The van der Waals surface area contributed by atoms with Gasteiger partial charge in [0.25, 0.3) is 0 Å². The minimum atomic E-state index is -1.82. The third kappa shape index (κ3) is 10.8. The molecular weight excluding hydrogens is 528 g/mol. The average Bonchev–Trinajstić information content (AvgIpc) is 3.22. The molecule has 2 unspecified atom stereocenters. The van der Waals surface area contributed by atoms with Gasteiger partial charge in [-0.25, -0.2) is 4.79 Å². The number of esters is 2. The second-order valence-corrected chi connectivity index (χ2v) is 10.6. The molecule has 12 heteroatoms. The van der Waals surface area contributed by atoms with Crippen molar-refractivity contribution >= 4 is 11.9 Å². The van der Waals surface area contributed by atoms with E-state index in [0.717, 1.165) is 19.3 Å². The molecule has 0 spiro atoms. The maximum absolute atomic E-state index is 12.2. The minimum absolute atomic E-state index is 0.183. The predicted octanol–water partition coefficient (Wildman–Crippen LogP) is 1.88. The number of ether oxygens (including phenoxy) is 4. The van der Waals surface area contributed by atoms with Crippen molar-refractivity contribution < 1.29 is 59.2 Å². The first kappa shape index (κ1) is 34.2. The van der Waals surface area contributed by atoms with Gasteiger partial charge in [-0.05, 0) is 6.42 Å². The minimum Gasteiger partial charge on any atom is -0.505 e. The van der Waals surface area contributed by atoms with Gasteiger partial charge in [0.1, 0.15) is 37.1 Å². The number of aliphatic hydroxyl groups is 6. The monoisotopic (exact) mass is 576 g/mol. The summed E-state index contributed by atoms with van der Waals surface area (Å²) in [6.45, 7) is 0.973. The number of unbranched alkanes of at least 4 members (excludes halogenated alkanes) is 12. The Bertz CT molecular complexity index is 785. The van der Waals surface area contributed by atoms with E-state index >= 15 is 0 Å². The second kappa shape index (κ2) is 18.5. The van der Waals surface area contributed by atoms with Crippen LogP contribution in [0.1, 0.15) is 96.8 Å². The normalized spacial score (nSPS) is 27.5. The topological polar surface area (TPSA) is 192 Å². The highest BCUT2D eigenvalue weighted by molar-refractivity contribution is 5.89. The number of rotatable bonds is 20. The van der Waals surface area contributed by atoms with Crippen molar-refractivity contribution in [3.05, 3.63) is 11.5 Å². The highest BCUT2D eigenvalue weighted by Gasteiger charge is 2.48. The molecule has 0 aromatic heterocycles. The number of cyclic esters (lactones) is 1. The standard InChI is InChI=1S/C28H48O12/c1-2-3-4-5-6-7-8-9-10-11-12-13-14-15-20(31)37-17-18(30)25-24(35)26(27(36)39-25)40-28-23(34)22(33)21(32)19(16-29)38-28/h18-19,21-23,25,28-30,32-35H,2-17H2,1H3/t18-,19?,21+,22-,23?,25+,28+/m0/s1. The van der Waals surface area contributed by atoms with Gasteiger partial charge in [-0.15, -0.1) is 0 Å². The highest BCUT2D eigenvalue weighted by atomic mass is 16.7. The summed E-state index contributed by atoms with van der Waals surface area (Å²) in [6, 6.07) is 0. The molecule has 2 aliphatic heterocycles. The van der Waals surface area contributed by atoms with Crippen molar-refractivity contribution in [2.24, 2.45) is 0 Å². The van der Waals surface area contributed by atoms with Crippen molar-refractivity contribution in [3.8, 4) is 0 Å². The zero-order chi connectivity index (χ0) is 29.5. The van der Waals surface area contributed by atoms with Gasteiger partial charge in [-0.3, -0.25) is 4.79 Å². The third-order valence-electron chi connectivity index (χ3n) is 7.25. The molecule has 2 aliphatic rings. The summed E-state index contributed by atoms with van der Waals surface area (Å²) in [5.41, 5.74) is 0. The first-order valence-corrected chi connectivity index (χ1v) is 14.7. The Hall–Kier alpha value is -1.96. The molecule has 1 saturated heterocycles. The van der Waals surface area contributed by atoms with E-state index in [1.807, 2.05) is 0 Å². The van der Waals surface area contributed by atoms with Crippen LogP contribution in [0.15, 0.2) is 11.5 Å². The van der Waals surface area contributed by atoms with Crippen molar-refractivity contribution in [1.82, 2.24) is 0 Å². The van der Waals surface area contributed by atoms with E-state index in [4.69, 9.17) is 18.9 Å². The molecule has 0 bridgehead atoms. The zero-order valence-electron chi connectivity index (χ0n) is 23.5. The van der Waals surface area contributed by atoms with Gasteiger partial charge in [0.05, 0.1) is 6.61 Å². The summed E-state index contributed by atoms with van der Waals surface area (Å²) in [7, 11) is 0. The van der Waals surface area contributed by atoms with Crippen LogP contribution in [0, 0.1) is 0 Å². The molecule has 0 aromatic carbocycles. The molecule has 0 saturated carbocycles. The van der Waals surface area contributed by atoms with Crippen molar-refractivity contribution in [3.63, 3.8) is 0 Å². The molecule has 1 fully saturated rings. The quantitative estimate of drug-likeness (QED) is 0.0912. The Kier molecular flexibility index (Phi) is 15.8. The van der Waals surface area contributed by atoms with Crippen LogP contribution in [-0.4, -0.2) is 98.7 Å². The average molecular weight is 577 g/mol. The zero-order valence-corrected chi connectivity index (χ0v) is 23.5. The molecule has 0 aromatic rings. The lowest BCUT2D eigenvalue weighted by Gasteiger charge is -2.39. The molecular formula is C28H48O12. The van der Waals surface area contributed by atoms with Crippen molar-refractivity contribution in [2.45, 2.75) is 140 Å². The number of hydrogen-bond acceptors (Lipinski definition) is 12. The summed E-state index contributed by atoms with van der Waals surface area (Å²) < 4.78 is 20.3. The van der Waals surface area contributed by atoms with E-state index in [1.165, 1.54) is 57.8 Å². The van der Waals surface area contributed by atoms with Crippen LogP contribution in [-0.2, 0) is 28.5 Å². The third-order valence-corrected chi connectivity index (χ3v) is 7.25. The Morgan fingerprint density at radius 3 is 1.98 bits per heavy atom. The van der Waals surface area contributed by atoms with Gasteiger partial charge in [-0.1, -0.05) is 84.0 Å². The van der Waals surface area contributed by atoms with E-state index in [0.29, 0.717) is 6.42 Å². The molecule has 232 valence electrons. The van der Waals surface area contributed by atoms with Gasteiger partial charge < -0.3 is 49.6 Å². The van der Waals surface area contributed by atoms with Gasteiger partial charge >= 0.3 is 11.9 Å². The fourth-order valence-corrected chi connectivity index (χ4v) is 4.73. The number of hydrogen-bond donors (Lipinski definition) is 6. The van der Waals surface area contributed by atoms with Gasteiger partial charge in [0.15, 0.2) is 11.9 Å². The summed E-state index contributed by atoms with van der Waals surface area (Å²) in [5.74, 6) is -3.31. The summed E-state index contributed by atoms with van der Waals surface area (Å²) in [4.78, 5) is 24.2. The fraction of sp³-hybridized carbons (Fsp3) is 0.857. The molecule has 0 aliphatic carbocycles. The van der Waals surface area contributed by atoms with Crippen LogP contribution < -0.4 is 0 Å². The lowest BCUT2D eigenvalue weighted by molar-refractivity contribution is -0.291. The highest BCUT2D eigenvalue weighted by Crippen LogP contribution is 2.29. The maximum Gasteiger partial charge on any atom is 0.378 e. The van der Waals surface area contributed by atoms with Crippen LogP contribution in [0.4, 0.5) is 0 Å². The molecule has 7 atom stereocenters. The van der Waals surface area contributed by atoms with Gasteiger partial charge in [0.2, 0.25) is 12.0 Å². The SMILES string of the molecule is CCCCCCCCCCCCCCCC(=O)OC[C@H](O)[C@H]1OC(=O)C(O[C@H]2OC(CO)[C@@H](O)[C@H](O)C2O)=C1O. The first-order chi connectivity index (χ1) is 19.2. The smallest absolute Gasteiger partial charge is 0.378 e. The van der Waals surface area contributed by atoms with Gasteiger partial charge in [-0.2, -0.15) is 0 Å². The first-order valence-electron chi connectivity index (χ1n) is 14.7. The van der Waals surface area contributed by atoms with E-state index in [1.54, 1.807) is 0 Å². The number of aliphatic hydroxyl groups excluding tert-OH is 6. The van der Waals surface area contributed by atoms with Crippen LogP contribution in [0.2, 0.25) is 0 Å². The van der Waals surface area contributed by atoms with E-state index in [2.05, 4.69) is 6.92 Å². The number of carbonyl (C=O) groups excluding carboxylic acids is 2. The summed E-state index contributed by atoms with van der Waals surface area (Å²) >= 11 is 0. The van der Waals surface area contributed by atoms with Crippen LogP contribution in [0.25, 0.3) is 0 Å². The lowest BCUT2D eigenvalue weighted by atomic mass is 9.99. The molecule has 0 radical (unpaired) electrons. The Morgan fingerprint density at radius 1 is 0.875 bits per heavy atom. The van der Waals surface area contributed by atoms with E-state index in [-0.39, 0.29) is 6.42 Å². The fourth-order valence-electron chi connectivity index (χ4n) is 4.73. The molecule has 40 heavy (non-hydrogen) atoms.